The summed E-state index contributed by atoms with van der Waals surface area (Å²) in [7, 11) is 0. The molecule has 0 radical (unpaired) electrons. The zero-order valence-corrected chi connectivity index (χ0v) is 17.9. The molecular weight excluding hydrogens is 425 g/mol. The highest BCUT2D eigenvalue weighted by atomic mass is 35.5. The van der Waals surface area contributed by atoms with Crippen molar-refractivity contribution in [2.24, 2.45) is 0 Å². The average Bonchev–Trinajstić information content (AvgIpc) is 3.19. The van der Waals surface area contributed by atoms with Gasteiger partial charge in [0.25, 0.3) is 0 Å². The Bertz CT molecular complexity index is 936. The first kappa shape index (κ1) is 20.2. The summed E-state index contributed by atoms with van der Waals surface area (Å²) in [5.41, 5.74) is 2.84. The van der Waals surface area contributed by atoms with Gasteiger partial charge in [-0.05, 0) is 37.6 Å². The monoisotopic (exact) mass is 441 g/mol. The molecule has 0 aliphatic carbocycles. The van der Waals surface area contributed by atoms with Gasteiger partial charge in [-0.15, -0.1) is 23.1 Å². The van der Waals surface area contributed by atoms with E-state index in [4.69, 9.17) is 27.7 Å². The first-order valence-corrected chi connectivity index (χ1v) is 10.8. The second-order valence-corrected chi connectivity index (χ2v) is 8.83. The van der Waals surface area contributed by atoms with Crippen LogP contribution in [0.5, 0.6) is 0 Å². The molecule has 0 saturated carbocycles. The largest absolute Gasteiger partial charge is 0.361 e. The van der Waals surface area contributed by atoms with Crippen LogP contribution < -0.4 is 5.32 Å². The molecule has 27 heavy (non-hydrogen) atoms. The Labute approximate surface area is 175 Å². The van der Waals surface area contributed by atoms with Gasteiger partial charge in [0.15, 0.2) is 5.13 Å². The maximum Gasteiger partial charge on any atom is 0.236 e. The van der Waals surface area contributed by atoms with Gasteiger partial charge in [0, 0.05) is 38.9 Å². The summed E-state index contributed by atoms with van der Waals surface area (Å²) >= 11 is 15.2. The first-order chi connectivity index (χ1) is 12.9. The van der Waals surface area contributed by atoms with Crippen LogP contribution in [0.1, 0.15) is 27.5 Å². The fourth-order valence-corrected chi connectivity index (χ4v) is 4.63. The number of anilines is 1. The lowest BCUT2D eigenvalue weighted by Crippen LogP contribution is -2.13. The number of aryl methyl sites for hydroxylation is 2. The number of nitrogens with zero attached hydrogens (tertiary/aromatic N) is 2. The zero-order chi connectivity index (χ0) is 19.4. The number of carbonyl (C=O) groups excluding carboxylic acids is 1. The summed E-state index contributed by atoms with van der Waals surface area (Å²) in [5.74, 6) is 1.72. The Kier molecular flexibility index (Phi) is 6.81. The number of hydrogen-bond acceptors (Lipinski definition) is 6. The van der Waals surface area contributed by atoms with E-state index < -0.39 is 0 Å². The summed E-state index contributed by atoms with van der Waals surface area (Å²) in [4.78, 5) is 17.4. The highest BCUT2D eigenvalue weighted by Crippen LogP contribution is 2.27. The van der Waals surface area contributed by atoms with Crippen LogP contribution in [-0.4, -0.2) is 21.8 Å². The van der Waals surface area contributed by atoms with Crippen LogP contribution in [0.3, 0.4) is 0 Å². The highest BCUT2D eigenvalue weighted by Gasteiger charge is 2.12. The number of amides is 1. The Morgan fingerprint density at radius 1 is 1.33 bits per heavy atom. The molecule has 0 unspecified atom stereocenters. The Hall–Kier alpha value is -1.54. The van der Waals surface area contributed by atoms with E-state index in [9.17, 15) is 4.79 Å². The Balaban J connectivity index is 1.51. The topological polar surface area (TPSA) is 68.0 Å². The van der Waals surface area contributed by atoms with Crippen LogP contribution in [0.25, 0.3) is 0 Å². The molecule has 0 aliphatic heterocycles. The van der Waals surface area contributed by atoms with E-state index in [1.54, 1.807) is 18.3 Å². The van der Waals surface area contributed by atoms with E-state index >= 15 is 0 Å². The van der Waals surface area contributed by atoms with E-state index in [0.717, 1.165) is 27.5 Å². The summed E-state index contributed by atoms with van der Waals surface area (Å²) in [6, 6.07) is 5.37. The van der Waals surface area contributed by atoms with Gasteiger partial charge < -0.3 is 9.84 Å². The summed E-state index contributed by atoms with van der Waals surface area (Å²) in [6.45, 7) is 3.77. The molecule has 5 nitrogen and oxygen atoms in total. The number of aromatic nitrogens is 2. The van der Waals surface area contributed by atoms with Crippen molar-refractivity contribution in [2.75, 3.05) is 11.1 Å². The van der Waals surface area contributed by atoms with E-state index in [2.05, 4.69) is 15.5 Å². The van der Waals surface area contributed by atoms with Gasteiger partial charge in [0.2, 0.25) is 5.91 Å². The van der Waals surface area contributed by atoms with Crippen molar-refractivity contribution < 1.29 is 9.32 Å². The van der Waals surface area contributed by atoms with Gasteiger partial charge in [-0.3, -0.25) is 4.79 Å². The minimum Gasteiger partial charge on any atom is -0.361 e. The van der Waals surface area contributed by atoms with Crippen molar-refractivity contribution in [3.63, 3.8) is 0 Å². The third kappa shape index (κ3) is 5.48. The van der Waals surface area contributed by atoms with Gasteiger partial charge in [-0.1, -0.05) is 28.4 Å². The molecular formula is C18H17Cl2N3O2S2. The summed E-state index contributed by atoms with van der Waals surface area (Å²) in [6.07, 6.45) is 2.36. The molecule has 0 fully saturated rings. The normalized spacial score (nSPS) is 11.0. The van der Waals surface area contributed by atoms with Crippen molar-refractivity contribution in [1.29, 1.82) is 0 Å². The molecule has 1 amide bonds. The molecule has 9 heteroatoms. The molecule has 3 aromatic rings. The number of thiazole rings is 1. The van der Waals surface area contributed by atoms with Gasteiger partial charge in [0.05, 0.1) is 11.4 Å². The molecule has 1 aromatic carbocycles. The number of carbonyl (C=O) groups is 1. The average molecular weight is 442 g/mol. The van der Waals surface area contributed by atoms with Gasteiger partial charge in [0.1, 0.15) is 5.76 Å². The molecule has 1 N–H and O–H groups in total. The molecule has 0 spiro atoms. The maximum atomic E-state index is 12.1. The Morgan fingerprint density at radius 3 is 2.89 bits per heavy atom. The highest BCUT2D eigenvalue weighted by molar-refractivity contribution is 7.99. The third-order valence-electron chi connectivity index (χ3n) is 3.83. The molecule has 0 saturated heterocycles. The minimum absolute atomic E-state index is 0.0894. The van der Waals surface area contributed by atoms with Crippen molar-refractivity contribution >= 4 is 57.3 Å². The number of nitrogens with one attached hydrogen (secondary N) is 1. The van der Waals surface area contributed by atoms with Gasteiger partial charge >= 0.3 is 0 Å². The minimum atomic E-state index is -0.0894. The van der Waals surface area contributed by atoms with E-state index in [1.165, 1.54) is 23.1 Å². The number of hydrogen-bond donors (Lipinski definition) is 1. The van der Waals surface area contributed by atoms with E-state index in [0.29, 0.717) is 33.1 Å². The molecule has 0 aliphatic rings. The summed E-state index contributed by atoms with van der Waals surface area (Å²) < 4.78 is 5.13. The van der Waals surface area contributed by atoms with Crippen LogP contribution in [0.2, 0.25) is 10.0 Å². The number of rotatable bonds is 7. The standard InChI is InChI=1S/C18H17Cl2N3O2S2/c1-10-15(11(2)25-23-10)8-26-9-17(24)22-18-21-7-14(27-18)6-12-5-13(19)3-4-16(12)20/h3-5,7H,6,8-9H2,1-2H3,(H,21,22,24). The maximum absolute atomic E-state index is 12.1. The fourth-order valence-electron chi connectivity index (χ4n) is 2.42. The smallest absolute Gasteiger partial charge is 0.236 e. The number of thioether (sulfide) groups is 1. The van der Waals surface area contributed by atoms with Gasteiger partial charge in [-0.2, -0.15) is 0 Å². The molecule has 2 heterocycles. The molecule has 0 bridgehead atoms. The molecule has 0 atom stereocenters. The molecule has 142 valence electrons. The lowest BCUT2D eigenvalue weighted by Gasteiger charge is -2.03. The van der Waals surface area contributed by atoms with Gasteiger partial charge in [-0.25, -0.2) is 4.98 Å². The molecule has 3 rings (SSSR count). The van der Waals surface area contributed by atoms with Crippen molar-refractivity contribution in [3.05, 3.63) is 61.9 Å². The third-order valence-corrected chi connectivity index (χ3v) is 6.31. The molecule has 2 aromatic heterocycles. The van der Waals surface area contributed by atoms with Crippen LogP contribution in [-0.2, 0) is 17.0 Å². The lowest BCUT2D eigenvalue weighted by atomic mass is 10.1. The van der Waals surface area contributed by atoms with Crippen molar-refractivity contribution in [2.45, 2.75) is 26.0 Å². The predicted molar refractivity (Wildman–Crippen MR) is 112 cm³/mol. The second-order valence-electron chi connectivity index (χ2n) is 5.89. The van der Waals surface area contributed by atoms with Crippen LogP contribution in [0.15, 0.2) is 28.9 Å². The number of halogens is 2. The van der Waals surface area contributed by atoms with E-state index in [-0.39, 0.29) is 5.91 Å². The predicted octanol–water partition coefficient (Wildman–Crippen LogP) is 5.52. The quantitative estimate of drug-likeness (QED) is 0.522. The fraction of sp³-hybridized carbons (Fsp3) is 0.278. The summed E-state index contributed by atoms with van der Waals surface area (Å²) in [5, 5.41) is 8.63. The van der Waals surface area contributed by atoms with Crippen molar-refractivity contribution in [3.8, 4) is 0 Å². The first-order valence-electron chi connectivity index (χ1n) is 8.10. The lowest BCUT2D eigenvalue weighted by molar-refractivity contribution is -0.113. The van der Waals surface area contributed by atoms with Crippen LogP contribution >= 0.6 is 46.3 Å². The van der Waals surface area contributed by atoms with Crippen LogP contribution in [0, 0.1) is 13.8 Å². The van der Waals surface area contributed by atoms with Crippen molar-refractivity contribution in [1.82, 2.24) is 10.1 Å². The zero-order valence-electron chi connectivity index (χ0n) is 14.7. The van der Waals surface area contributed by atoms with Crippen LogP contribution in [0.4, 0.5) is 5.13 Å². The Morgan fingerprint density at radius 2 is 2.15 bits per heavy atom. The van der Waals surface area contributed by atoms with E-state index in [1.807, 2.05) is 19.9 Å². The number of benzene rings is 1. The SMILES string of the molecule is Cc1noc(C)c1CSCC(=O)Nc1ncc(Cc2cc(Cl)ccc2Cl)s1. The second kappa shape index (κ2) is 9.10.